The number of carbonyl (C=O) groups is 2. The lowest BCUT2D eigenvalue weighted by Crippen LogP contribution is -2.47. The van der Waals surface area contributed by atoms with Gasteiger partial charge in [-0.2, -0.15) is 0 Å². The SMILES string of the molecule is COc1cccc(OCC(=O)N2CCCCCCN(C)C(=O)c3ccccc3OC[C@@H]2CC(C)C)c1. The van der Waals surface area contributed by atoms with Crippen molar-refractivity contribution < 1.29 is 23.8 Å². The maximum atomic E-state index is 13.5. The molecule has 0 fully saturated rings. The molecular weight excluding hydrogens is 456 g/mol. The van der Waals surface area contributed by atoms with Crippen molar-refractivity contribution in [1.82, 2.24) is 9.80 Å². The Morgan fingerprint density at radius 2 is 1.75 bits per heavy atom. The molecule has 196 valence electrons. The van der Waals surface area contributed by atoms with E-state index < -0.39 is 0 Å². The van der Waals surface area contributed by atoms with Crippen LogP contribution in [0.15, 0.2) is 48.5 Å². The molecule has 7 nitrogen and oxygen atoms in total. The largest absolute Gasteiger partial charge is 0.497 e. The third-order valence-electron chi connectivity index (χ3n) is 6.45. The molecular formula is C29H40N2O5. The second-order valence-corrected chi connectivity index (χ2v) is 9.79. The molecule has 7 heteroatoms. The van der Waals surface area contributed by atoms with Crippen LogP contribution < -0.4 is 14.2 Å². The number of amides is 2. The Hall–Kier alpha value is -3.22. The first-order valence-corrected chi connectivity index (χ1v) is 12.9. The highest BCUT2D eigenvalue weighted by Crippen LogP contribution is 2.24. The van der Waals surface area contributed by atoms with Gasteiger partial charge in [-0.25, -0.2) is 0 Å². The van der Waals surface area contributed by atoms with Crippen molar-refractivity contribution in [1.29, 1.82) is 0 Å². The lowest BCUT2D eigenvalue weighted by atomic mass is 10.0. The minimum absolute atomic E-state index is 0.0392. The van der Waals surface area contributed by atoms with E-state index in [0.29, 0.717) is 48.4 Å². The fourth-order valence-corrected chi connectivity index (χ4v) is 4.51. The van der Waals surface area contributed by atoms with Crippen LogP contribution in [0.2, 0.25) is 0 Å². The molecule has 0 spiro atoms. The molecule has 2 amide bonds. The van der Waals surface area contributed by atoms with Gasteiger partial charge in [0.05, 0.1) is 18.7 Å². The van der Waals surface area contributed by atoms with E-state index in [1.54, 1.807) is 18.1 Å². The molecule has 1 aliphatic rings. The number of para-hydroxylation sites is 1. The zero-order valence-electron chi connectivity index (χ0n) is 22.1. The van der Waals surface area contributed by atoms with Crippen molar-refractivity contribution in [3.63, 3.8) is 0 Å². The molecule has 0 radical (unpaired) electrons. The smallest absolute Gasteiger partial charge is 0.260 e. The number of hydrogen-bond donors (Lipinski definition) is 0. The zero-order chi connectivity index (χ0) is 25.9. The minimum atomic E-state index is -0.129. The molecule has 3 rings (SSSR count). The molecule has 1 heterocycles. The van der Waals surface area contributed by atoms with Gasteiger partial charge in [-0.3, -0.25) is 9.59 Å². The Kier molecular flexibility index (Phi) is 10.5. The fraction of sp³-hybridized carbons (Fsp3) is 0.517. The van der Waals surface area contributed by atoms with E-state index in [2.05, 4.69) is 13.8 Å². The highest BCUT2D eigenvalue weighted by Gasteiger charge is 2.27. The van der Waals surface area contributed by atoms with E-state index in [4.69, 9.17) is 14.2 Å². The molecule has 1 atom stereocenters. The zero-order valence-corrected chi connectivity index (χ0v) is 22.1. The topological polar surface area (TPSA) is 68.3 Å². The van der Waals surface area contributed by atoms with Gasteiger partial charge in [-0.15, -0.1) is 0 Å². The lowest BCUT2D eigenvalue weighted by Gasteiger charge is -2.33. The van der Waals surface area contributed by atoms with E-state index in [1.807, 2.05) is 54.4 Å². The first-order valence-electron chi connectivity index (χ1n) is 12.9. The fourth-order valence-electron chi connectivity index (χ4n) is 4.51. The van der Waals surface area contributed by atoms with E-state index in [9.17, 15) is 9.59 Å². The molecule has 36 heavy (non-hydrogen) atoms. The van der Waals surface area contributed by atoms with Gasteiger partial charge in [0, 0.05) is 26.2 Å². The maximum Gasteiger partial charge on any atom is 0.260 e. The van der Waals surface area contributed by atoms with E-state index in [0.717, 1.165) is 32.1 Å². The van der Waals surface area contributed by atoms with Crippen molar-refractivity contribution in [2.75, 3.05) is 40.5 Å². The van der Waals surface area contributed by atoms with Gasteiger partial charge in [0.25, 0.3) is 11.8 Å². The van der Waals surface area contributed by atoms with Crippen LogP contribution in [0, 0.1) is 5.92 Å². The van der Waals surface area contributed by atoms with Crippen molar-refractivity contribution in [2.45, 2.75) is 52.0 Å². The normalized spacial score (nSPS) is 17.7. The van der Waals surface area contributed by atoms with Gasteiger partial charge in [0.1, 0.15) is 23.9 Å². The number of rotatable bonds is 6. The maximum absolute atomic E-state index is 13.5. The highest BCUT2D eigenvalue weighted by atomic mass is 16.5. The van der Waals surface area contributed by atoms with Crippen LogP contribution in [-0.4, -0.2) is 68.1 Å². The summed E-state index contributed by atoms with van der Waals surface area (Å²) in [6, 6.07) is 14.5. The second kappa shape index (κ2) is 13.8. The van der Waals surface area contributed by atoms with Crippen molar-refractivity contribution in [3.05, 3.63) is 54.1 Å². The molecule has 0 bridgehead atoms. The lowest BCUT2D eigenvalue weighted by molar-refractivity contribution is -0.137. The summed E-state index contributed by atoms with van der Waals surface area (Å²) in [5.74, 6) is 2.10. The Morgan fingerprint density at radius 3 is 2.50 bits per heavy atom. The number of fused-ring (bicyclic) bond motifs is 1. The predicted octanol–water partition coefficient (Wildman–Crippen LogP) is 5.04. The Balaban J connectivity index is 1.81. The molecule has 1 aliphatic heterocycles. The molecule has 0 saturated heterocycles. The Morgan fingerprint density at radius 1 is 1.03 bits per heavy atom. The number of carbonyl (C=O) groups excluding carboxylic acids is 2. The molecule has 0 saturated carbocycles. The van der Waals surface area contributed by atoms with Crippen LogP contribution in [0.3, 0.4) is 0 Å². The molecule has 0 aromatic heterocycles. The monoisotopic (exact) mass is 496 g/mol. The number of benzene rings is 2. The van der Waals surface area contributed by atoms with Crippen LogP contribution >= 0.6 is 0 Å². The van der Waals surface area contributed by atoms with Crippen LogP contribution in [0.5, 0.6) is 17.2 Å². The number of ether oxygens (including phenoxy) is 3. The van der Waals surface area contributed by atoms with Crippen LogP contribution in [0.25, 0.3) is 0 Å². The van der Waals surface area contributed by atoms with Crippen LogP contribution in [0.4, 0.5) is 0 Å². The summed E-state index contributed by atoms with van der Waals surface area (Å²) >= 11 is 0. The minimum Gasteiger partial charge on any atom is -0.497 e. The summed E-state index contributed by atoms with van der Waals surface area (Å²) in [6.45, 7) is 5.90. The summed E-state index contributed by atoms with van der Waals surface area (Å²) in [4.78, 5) is 30.2. The van der Waals surface area contributed by atoms with Gasteiger partial charge in [-0.1, -0.05) is 44.9 Å². The van der Waals surface area contributed by atoms with Crippen molar-refractivity contribution in [2.24, 2.45) is 5.92 Å². The third kappa shape index (κ3) is 7.90. The van der Waals surface area contributed by atoms with Crippen LogP contribution in [-0.2, 0) is 4.79 Å². The van der Waals surface area contributed by atoms with E-state index in [1.165, 1.54) is 0 Å². The van der Waals surface area contributed by atoms with Crippen molar-refractivity contribution >= 4 is 11.8 Å². The van der Waals surface area contributed by atoms with E-state index >= 15 is 0 Å². The average molecular weight is 497 g/mol. The number of methoxy groups -OCH3 is 1. The Labute approximate surface area is 215 Å². The van der Waals surface area contributed by atoms with Crippen molar-refractivity contribution in [3.8, 4) is 17.2 Å². The quantitative estimate of drug-likeness (QED) is 0.560. The highest BCUT2D eigenvalue weighted by molar-refractivity contribution is 5.96. The first-order chi connectivity index (χ1) is 17.4. The average Bonchev–Trinajstić information content (AvgIpc) is 2.88. The van der Waals surface area contributed by atoms with Gasteiger partial charge < -0.3 is 24.0 Å². The molecule has 0 N–H and O–H groups in total. The van der Waals surface area contributed by atoms with E-state index in [-0.39, 0.29) is 24.5 Å². The van der Waals surface area contributed by atoms with Crippen LogP contribution in [0.1, 0.15) is 56.3 Å². The second-order valence-electron chi connectivity index (χ2n) is 9.79. The molecule has 0 unspecified atom stereocenters. The molecule has 2 aromatic carbocycles. The predicted molar refractivity (Wildman–Crippen MR) is 141 cm³/mol. The summed E-state index contributed by atoms with van der Waals surface area (Å²) in [5.41, 5.74) is 0.555. The Bertz CT molecular complexity index is 993. The first kappa shape index (κ1) is 27.4. The summed E-state index contributed by atoms with van der Waals surface area (Å²) in [5, 5.41) is 0. The number of nitrogens with zero attached hydrogens (tertiary/aromatic N) is 2. The standard InChI is InChI=1S/C29H40N2O5/c1-22(2)18-23-20-36-27-15-8-7-14-26(27)29(33)30(3)16-9-5-6-10-17-31(23)28(32)21-35-25-13-11-12-24(19-25)34-4/h7-8,11-15,19,22-23H,5-6,9-10,16-18,20-21H2,1-4H3/t23-/m0/s1. The summed E-state index contributed by atoms with van der Waals surface area (Å²) < 4.78 is 17.3. The third-order valence-corrected chi connectivity index (χ3v) is 6.45. The van der Waals surface area contributed by atoms with Gasteiger partial charge >= 0.3 is 0 Å². The molecule has 0 aliphatic carbocycles. The number of hydrogen-bond acceptors (Lipinski definition) is 5. The van der Waals surface area contributed by atoms with Gasteiger partial charge in [-0.05, 0) is 49.4 Å². The van der Waals surface area contributed by atoms with Gasteiger partial charge in [0.2, 0.25) is 0 Å². The summed E-state index contributed by atoms with van der Waals surface area (Å²) in [7, 11) is 3.45. The van der Waals surface area contributed by atoms with Gasteiger partial charge in [0.15, 0.2) is 6.61 Å². The molecule has 2 aromatic rings. The summed E-state index contributed by atoms with van der Waals surface area (Å²) in [6.07, 6.45) is 4.61.